The molecule has 1 heterocycles. The fourth-order valence-corrected chi connectivity index (χ4v) is 4.47. The maximum Gasteiger partial charge on any atom is 0.315 e. The van der Waals surface area contributed by atoms with Gasteiger partial charge in [0, 0.05) is 13.1 Å². The number of carbonyl (C=O) groups excluding carboxylic acids is 5. The zero-order chi connectivity index (χ0) is 29.8. The van der Waals surface area contributed by atoms with E-state index in [9.17, 15) is 24.0 Å². The van der Waals surface area contributed by atoms with Crippen molar-refractivity contribution in [3.63, 3.8) is 0 Å². The van der Waals surface area contributed by atoms with Gasteiger partial charge in [-0.1, -0.05) is 69.2 Å². The van der Waals surface area contributed by atoms with E-state index in [0.717, 1.165) is 6.42 Å². The highest BCUT2D eigenvalue weighted by atomic mass is 16.5. The van der Waals surface area contributed by atoms with Crippen LogP contribution in [-0.2, 0) is 23.9 Å². The van der Waals surface area contributed by atoms with Crippen LogP contribution < -0.4 is 16.0 Å². The van der Waals surface area contributed by atoms with Gasteiger partial charge in [0.2, 0.25) is 11.8 Å². The molecule has 3 N–H and O–H groups in total. The smallest absolute Gasteiger partial charge is 0.315 e. The van der Waals surface area contributed by atoms with Crippen molar-refractivity contribution in [1.82, 2.24) is 20.9 Å². The molecule has 10 heteroatoms. The summed E-state index contributed by atoms with van der Waals surface area (Å²) in [5.41, 5.74) is -1.01. The number of Topliss-reactive ketones (excluding diaryl/α,β-unsaturated/α-hetero) is 1. The van der Waals surface area contributed by atoms with Crippen molar-refractivity contribution in [2.75, 3.05) is 26.3 Å². The second-order valence-electron chi connectivity index (χ2n) is 12.1. The summed E-state index contributed by atoms with van der Waals surface area (Å²) < 4.78 is 4.91. The third-order valence-electron chi connectivity index (χ3n) is 6.66. The summed E-state index contributed by atoms with van der Waals surface area (Å²) in [5.74, 6) is -0.371. The van der Waals surface area contributed by atoms with E-state index in [2.05, 4.69) is 29.8 Å². The molecule has 0 radical (unpaired) electrons. The first kappa shape index (κ1) is 35.5. The average molecular weight is 541 g/mol. The Morgan fingerprint density at radius 3 is 2.03 bits per heavy atom. The topological polar surface area (TPSA) is 134 Å². The van der Waals surface area contributed by atoms with Gasteiger partial charge in [0.05, 0.1) is 12.1 Å². The van der Waals surface area contributed by atoms with Crippen LogP contribution in [0.2, 0.25) is 0 Å². The highest BCUT2D eigenvalue weighted by Crippen LogP contribution is 2.33. The van der Waals surface area contributed by atoms with E-state index in [1.54, 1.807) is 4.90 Å². The number of likely N-dealkylation sites (tertiary alicyclic amines) is 1. The first-order chi connectivity index (χ1) is 17.5. The number of ketones is 1. The zero-order valence-electron chi connectivity index (χ0n) is 25.4. The molecule has 0 saturated carbocycles. The molecule has 0 bridgehead atoms. The van der Waals surface area contributed by atoms with E-state index < -0.39 is 40.9 Å². The summed E-state index contributed by atoms with van der Waals surface area (Å²) in [6.07, 6.45) is 1.31. The first-order valence-corrected chi connectivity index (χ1v) is 13.7. The Morgan fingerprint density at radius 2 is 1.58 bits per heavy atom. The molecule has 1 aliphatic heterocycles. The second-order valence-corrected chi connectivity index (χ2v) is 12.1. The molecule has 0 spiro atoms. The molecule has 0 aromatic rings. The molecule has 1 fully saturated rings. The molecule has 220 valence electrons. The molecule has 0 aromatic carbocycles. The van der Waals surface area contributed by atoms with Gasteiger partial charge in [-0.2, -0.15) is 0 Å². The Kier molecular flexibility index (Phi) is 14.8. The number of hydrogen-bond acceptors (Lipinski definition) is 6. The molecular formula is C28H52N4O6. The van der Waals surface area contributed by atoms with Crippen molar-refractivity contribution in [3.8, 4) is 0 Å². The third-order valence-corrected chi connectivity index (χ3v) is 6.66. The molecule has 1 saturated heterocycles. The van der Waals surface area contributed by atoms with Gasteiger partial charge in [-0.05, 0) is 36.0 Å². The lowest BCUT2D eigenvalue weighted by atomic mass is 9.84. The molecule has 38 heavy (non-hydrogen) atoms. The Bertz CT molecular complexity index is 800. The van der Waals surface area contributed by atoms with Gasteiger partial charge >= 0.3 is 6.03 Å². The van der Waals surface area contributed by atoms with E-state index in [1.165, 1.54) is 6.92 Å². The Morgan fingerprint density at radius 1 is 1.00 bits per heavy atom. The van der Waals surface area contributed by atoms with Gasteiger partial charge in [0.1, 0.15) is 25.5 Å². The van der Waals surface area contributed by atoms with Crippen molar-refractivity contribution in [3.05, 3.63) is 0 Å². The minimum Gasteiger partial charge on any atom is -0.364 e. The number of carbonyl (C=O) groups is 5. The number of amides is 4. The van der Waals surface area contributed by atoms with Crippen LogP contribution in [0.25, 0.3) is 0 Å². The van der Waals surface area contributed by atoms with Gasteiger partial charge in [-0.15, -0.1) is 0 Å². The third kappa shape index (κ3) is 11.1. The predicted molar refractivity (Wildman–Crippen MR) is 149 cm³/mol. The summed E-state index contributed by atoms with van der Waals surface area (Å²) in [6, 6.07) is -2.33. The van der Waals surface area contributed by atoms with Crippen LogP contribution in [0.1, 0.15) is 82.6 Å². The molecule has 0 aromatic heterocycles. The Labute approximate surface area is 229 Å². The standard InChI is InChI=1S/C26H46N4O6.C2H6/c1-16(2)18-10-11-30(21(18)17(3)32)23(34)22(26(7,8)9)29-24(35)28-19(25(4,5)6)14-27-20(33)15-36-13-12-31;1-2/h12,16,18-19,21-22H,10-11,13-15H2,1-9H3,(H,27,33)(H2,28,29,35);1-2H3/t18-,19-,21-,22-;/m1./s1. The van der Waals surface area contributed by atoms with Crippen molar-refractivity contribution in [2.24, 2.45) is 22.7 Å². The fourth-order valence-electron chi connectivity index (χ4n) is 4.47. The van der Waals surface area contributed by atoms with Crippen LogP contribution in [0.3, 0.4) is 0 Å². The molecule has 0 unspecified atom stereocenters. The molecule has 10 nitrogen and oxygen atoms in total. The maximum atomic E-state index is 13.7. The summed E-state index contributed by atoms with van der Waals surface area (Å²) in [7, 11) is 0. The summed E-state index contributed by atoms with van der Waals surface area (Å²) in [4.78, 5) is 63.2. The number of hydrogen-bond donors (Lipinski definition) is 3. The minimum absolute atomic E-state index is 0.0441. The maximum absolute atomic E-state index is 13.7. The number of aldehydes is 1. The number of rotatable bonds is 11. The van der Waals surface area contributed by atoms with Crippen LogP contribution in [-0.4, -0.2) is 79.2 Å². The van der Waals surface area contributed by atoms with E-state index in [0.29, 0.717) is 12.8 Å². The Hall–Kier alpha value is -2.49. The number of ether oxygens (including phenoxy) is 1. The van der Waals surface area contributed by atoms with Gasteiger partial charge in [-0.25, -0.2) is 4.79 Å². The van der Waals surface area contributed by atoms with Gasteiger partial charge in [0.25, 0.3) is 0 Å². The molecule has 1 rings (SSSR count). The monoisotopic (exact) mass is 540 g/mol. The highest BCUT2D eigenvalue weighted by Gasteiger charge is 2.45. The lowest BCUT2D eigenvalue weighted by Gasteiger charge is -2.37. The first-order valence-electron chi connectivity index (χ1n) is 13.7. The largest absolute Gasteiger partial charge is 0.364 e. The summed E-state index contributed by atoms with van der Waals surface area (Å²) >= 11 is 0. The van der Waals surface area contributed by atoms with E-state index >= 15 is 0 Å². The fraction of sp³-hybridized carbons (Fsp3) is 0.821. The van der Waals surface area contributed by atoms with Crippen LogP contribution in [0.4, 0.5) is 4.79 Å². The normalized spacial score (nSPS) is 19.1. The molecule has 4 amide bonds. The zero-order valence-corrected chi connectivity index (χ0v) is 25.4. The van der Waals surface area contributed by atoms with E-state index in [-0.39, 0.29) is 43.3 Å². The molecular weight excluding hydrogens is 488 g/mol. The second kappa shape index (κ2) is 15.8. The van der Waals surface area contributed by atoms with Gasteiger partial charge in [0.15, 0.2) is 5.78 Å². The van der Waals surface area contributed by atoms with Crippen LogP contribution in [0, 0.1) is 22.7 Å². The van der Waals surface area contributed by atoms with Gasteiger partial charge in [-0.3, -0.25) is 14.4 Å². The van der Waals surface area contributed by atoms with E-state index in [1.807, 2.05) is 55.4 Å². The quantitative estimate of drug-likeness (QED) is 0.273. The van der Waals surface area contributed by atoms with Crippen LogP contribution in [0.5, 0.6) is 0 Å². The SMILES string of the molecule is CC.CC(=O)[C@@H]1[C@@H](C(C)C)CCN1C(=O)[C@@H](NC(=O)N[C@H](CNC(=O)COCC=O)C(C)(C)C)C(C)(C)C. The van der Waals surface area contributed by atoms with Crippen LogP contribution in [0.15, 0.2) is 0 Å². The molecule has 4 atom stereocenters. The average Bonchev–Trinajstić information content (AvgIpc) is 3.26. The van der Waals surface area contributed by atoms with E-state index in [4.69, 9.17) is 4.74 Å². The van der Waals surface area contributed by atoms with Crippen molar-refractivity contribution >= 4 is 29.9 Å². The van der Waals surface area contributed by atoms with Crippen molar-refractivity contribution < 1.29 is 28.7 Å². The van der Waals surface area contributed by atoms with Crippen molar-refractivity contribution in [2.45, 2.75) is 101 Å². The molecule has 1 aliphatic rings. The summed E-state index contributed by atoms with van der Waals surface area (Å²) in [6.45, 7) is 21.2. The van der Waals surface area contributed by atoms with Crippen molar-refractivity contribution in [1.29, 1.82) is 0 Å². The lowest BCUT2D eigenvalue weighted by molar-refractivity contribution is -0.141. The predicted octanol–water partition coefficient (Wildman–Crippen LogP) is 2.94. The summed E-state index contributed by atoms with van der Waals surface area (Å²) in [5, 5.41) is 8.43. The lowest BCUT2D eigenvalue weighted by Crippen LogP contribution is -2.61. The highest BCUT2D eigenvalue weighted by molar-refractivity contribution is 5.93. The molecule has 0 aliphatic carbocycles. The number of nitrogens with one attached hydrogen (secondary N) is 3. The van der Waals surface area contributed by atoms with Gasteiger partial charge < -0.3 is 30.4 Å². The number of nitrogens with zero attached hydrogens (tertiary/aromatic N) is 1. The Balaban J connectivity index is 0.00000667. The minimum atomic E-state index is -0.850. The number of urea groups is 1. The van der Waals surface area contributed by atoms with Crippen LogP contribution >= 0.6 is 0 Å².